The van der Waals surface area contributed by atoms with Crippen molar-refractivity contribution in [2.24, 2.45) is 0 Å². The van der Waals surface area contributed by atoms with Gasteiger partial charge in [0.15, 0.2) is 0 Å². The average Bonchev–Trinajstić information content (AvgIpc) is 2.65. The van der Waals surface area contributed by atoms with Gasteiger partial charge in [-0.15, -0.1) is 0 Å². The van der Waals surface area contributed by atoms with Crippen molar-refractivity contribution in [1.82, 2.24) is 5.32 Å². The van der Waals surface area contributed by atoms with Crippen LogP contribution in [-0.4, -0.2) is 33.2 Å². The molecule has 0 bridgehead atoms. The lowest BCUT2D eigenvalue weighted by Crippen LogP contribution is -2.49. The largest absolute Gasteiger partial charge is 0.494 e. The summed E-state index contributed by atoms with van der Waals surface area (Å²) < 4.78 is 44.5. The molecule has 0 unspecified atom stereocenters. The van der Waals surface area contributed by atoms with Crippen LogP contribution in [0, 0.1) is 5.82 Å². The summed E-state index contributed by atoms with van der Waals surface area (Å²) in [4.78, 5) is 12.8. The average molecular weight is 408 g/mol. The van der Waals surface area contributed by atoms with Crippen LogP contribution in [0.5, 0.6) is 5.75 Å². The lowest BCUT2D eigenvalue weighted by molar-refractivity contribution is -0.122. The number of rotatable bonds is 9. The highest BCUT2D eigenvalue weighted by Crippen LogP contribution is 2.23. The molecule has 0 aliphatic rings. The number of para-hydroxylation sites is 1. The number of nitrogens with zero attached hydrogens (tertiary/aromatic N) is 1. The Kier molecular flexibility index (Phi) is 7.39. The molecule has 0 fully saturated rings. The first-order valence-electron chi connectivity index (χ1n) is 9.01. The Morgan fingerprint density at radius 3 is 2.36 bits per heavy atom. The van der Waals surface area contributed by atoms with Crippen LogP contribution in [0.4, 0.5) is 10.1 Å². The van der Waals surface area contributed by atoms with Crippen molar-refractivity contribution >= 4 is 21.6 Å². The van der Waals surface area contributed by atoms with Crippen molar-refractivity contribution in [2.45, 2.75) is 32.9 Å². The third kappa shape index (κ3) is 5.45. The van der Waals surface area contributed by atoms with E-state index in [1.54, 1.807) is 6.92 Å². The summed E-state index contributed by atoms with van der Waals surface area (Å²) in [5, 5.41) is 2.78. The molecule has 0 aromatic heterocycles. The summed E-state index contributed by atoms with van der Waals surface area (Å²) in [6.07, 6.45) is 1.28. The number of amides is 1. The molecule has 0 aliphatic carbocycles. The molecule has 6 nitrogen and oxygen atoms in total. The molecule has 0 aliphatic heterocycles. The second-order valence-corrected chi connectivity index (χ2v) is 8.08. The zero-order valence-electron chi connectivity index (χ0n) is 16.2. The highest BCUT2D eigenvalue weighted by molar-refractivity contribution is 7.92. The fourth-order valence-corrected chi connectivity index (χ4v) is 4.11. The first-order chi connectivity index (χ1) is 13.3. The molecule has 0 saturated heterocycles. The van der Waals surface area contributed by atoms with E-state index in [0.717, 1.165) is 28.3 Å². The minimum Gasteiger partial charge on any atom is -0.494 e. The zero-order chi connectivity index (χ0) is 20.7. The van der Waals surface area contributed by atoms with Gasteiger partial charge in [0, 0.05) is 12.1 Å². The number of hydrogen-bond donors (Lipinski definition) is 1. The minimum absolute atomic E-state index is 0.201. The Labute approximate surface area is 165 Å². The summed E-state index contributed by atoms with van der Waals surface area (Å²) in [7, 11) is -3.76. The van der Waals surface area contributed by atoms with E-state index in [0.29, 0.717) is 12.4 Å². The number of anilines is 1. The molecule has 1 amide bonds. The normalized spacial score (nSPS) is 12.3. The molecule has 0 saturated carbocycles. The van der Waals surface area contributed by atoms with Gasteiger partial charge in [-0.05, 0) is 43.7 Å². The van der Waals surface area contributed by atoms with E-state index in [2.05, 4.69) is 5.32 Å². The van der Waals surface area contributed by atoms with Crippen LogP contribution in [0.1, 0.15) is 25.8 Å². The summed E-state index contributed by atoms with van der Waals surface area (Å²) in [6.45, 7) is 4.29. The van der Waals surface area contributed by atoms with E-state index in [4.69, 9.17) is 4.74 Å². The molecule has 2 aromatic carbocycles. The molecule has 1 N–H and O–H groups in total. The highest BCUT2D eigenvalue weighted by atomic mass is 32.2. The fourth-order valence-electron chi connectivity index (χ4n) is 2.89. The van der Waals surface area contributed by atoms with E-state index < -0.39 is 27.8 Å². The maximum absolute atomic E-state index is 13.2. The van der Waals surface area contributed by atoms with Crippen LogP contribution in [0.25, 0.3) is 0 Å². The number of sulfonamides is 1. The summed E-state index contributed by atoms with van der Waals surface area (Å²) in [5.41, 5.74) is 1.03. The van der Waals surface area contributed by atoms with Gasteiger partial charge in [0.1, 0.15) is 17.6 Å². The Hall–Kier alpha value is -2.61. The first kappa shape index (κ1) is 21.7. The Bertz CT molecular complexity index is 901. The van der Waals surface area contributed by atoms with Crippen molar-refractivity contribution in [3.05, 3.63) is 59.9 Å². The van der Waals surface area contributed by atoms with Crippen molar-refractivity contribution in [2.75, 3.05) is 17.2 Å². The molecule has 0 heterocycles. The standard InChI is InChI=1S/C20H25FN2O4S/c1-4-18(23(28(3,25)26)17-12-10-16(21)11-13-17)20(24)22-14-15-8-6-7-9-19(15)27-5-2/h6-13,18H,4-5,14H2,1-3H3,(H,22,24)/t18-/m1/s1. The van der Waals surface area contributed by atoms with Gasteiger partial charge in [0.25, 0.3) is 0 Å². The molecule has 0 radical (unpaired) electrons. The maximum Gasteiger partial charge on any atom is 0.244 e. The van der Waals surface area contributed by atoms with E-state index in [-0.39, 0.29) is 18.7 Å². The highest BCUT2D eigenvalue weighted by Gasteiger charge is 2.31. The van der Waals surface area contributed by atoms with E-state index in [9.17, 15) is 17.6 Å². The molecular formula is C20H25FN2O4S. The van der Waals surface area contributed by atoms with Crippen LogP contribution in [-0.2, 0) is 21.4 Å². The quantitative estimate of drug-likeness (QED) is 0.692. The van der Waals surface area contributed by atoms with Gasteiger partial charge in [0.05, 0.1) is 18.6 Å². The fraction of sp³-hybridized carbons (Fsp3) is 0.350. The Morgan fingerprint density at radius 1 is 1.14 bits per heavy atom. The van der Waals surface area contributed by atoms with Crippen molar-refractivity contribution in [1.29, 1.82) is 0 Å². The number of hydrogen-bond acceptors (Lipinski definition) is 4. The number of halogens is 1. The van der Waals surface area contributed by atoms with Crippen LogP contribution in [0.15, 0.2) is 48.5 Å². The van der Waals surface area contributed by atoms with Crippen LogP contribution in [0.2, 0.25) is 0 Å². The number of benzene rings is 2. The van der Waals surface area contributed by atoms with Crippen molar-refractivity contribution in [3.63, 3.8) is 0 Å². The summed E-state index contributed by atoms with van der Waals surface area (Å²) >= 11 is 0. The van der Waals surface area contributed by atoms with E-state index in [1.807, 2.05) is 31.2 Å². The molecule has 8 heteroatoms. The lowest BCUT2D eigenvalue weighted by Gasteiger charge is -2.30. The van der Waals surface area contributed by atoms with Crippen molar-refractivity contribution < 1.29 is 22.3 Å². The van der Waals surface area contributed by atoms with Gasteiger partial charge in [-0.2, -0.15) is 0 Å². The predicted octanol–water partition coefficient (Wildman–Crippen LogP) is 3.09. The molecular weight excluding hydrogens is 383 g/mol. The van der Waals surface area contributed by atoms with E-state index in [1.165, 1.54) is 12.1 Å². The molecule has 28 heavy (non-hydrogen) atoms. The number of carbonyl (C=O) groups is 1. The van der Waals surface area contributed by atoms with Crippen LogP contribution in [0.3, 0.4) is 0 Å². The first-order valence-corrected chi connectivity index (χ1v) is 10.9. The second-order valence-electron chi connectivity index (χ2n) is 6.22. The predicted molar refractivity (Wildman–Crippen MR) is 107 cm³/mol. The van der Waals surface area contributed by atoms with Crippen LogP contribution >= 0.6 is 0 Å². The topological polar surface area (TPSA) is 75.7 Å². The summed E-state index contributed by atoms with van der Waals surface area (Å²) in [5.74, 6) is -0.261. The Balaban J connectivity index is 2.24. The number of ether oxygens (including phenoxy) is 1. The smallest absolute Gasteiger partial charge is 0.244 e. The number of nitrogens with one attached hydrogen (secondary N) is 1. The molecule has 0 spiro atoms. The third-order valence-corrected chi connectivity index (χ3v) is 5.32. The van der Waals surface area contributed by atoms with Gasteiger partial charge in [-0.3, -0.25) is 9.10 Å². The van der Waals surface area contributed by atoms with Crippen molar-refractivity contribution in [3.8, 4) is 5.75 Å². The van der Waals surface area contributed by atoms with Gasteiger partial charge in [-0.1, -0.05) is 25.1 Å². The van der Waals surface area contributed by atoms with Gasteiger partial charge in [-0.25, -0.2) is 12.8 Å². The van der Waals surface area contributed by atoms with Crippen LogP contribution < -0.4 is 14.4 Å². The molecule has 2 aromatic rings. The van der Waals surface area contributed by atoms with Gasteiger partial charge < -0.3 is 10.1 Å². The third-order valence-electron chi connectivity index (χ3n) is 4.14. The minimum atomic E-state index is -3.76. The molecule has 1 atom stereocenters. The Morgan fingerprint density at radius 2 is 1.79 bits per heavy atom. The molecule has 152 valence electrons. The lowest BCUT2D eigenvalue weighted by atomic mass is 10.1. The van der Waals surface area contributed by atoms with Gasteiger partial charge >= 0.3 is 0 Å². The zero-order valence-corrected chi connectivity index (χ0v) is 17.0. The molecule has 2 rings (SSSR count). The van der Waals surface area contributed by atoms with E-state index >= 15 is 0 Å². The number of carbonyl (C=O) groups excluding carboxylic acids is 1. The maximum atomic E-state index is 13.2. The second kappa shape index (κ2) is 9.54. The SMILES string of the molecule is CCOc1ccccc1CNC(=O)[C@@H](CC)N(c1ccc(F)cc1)S(C)(=O)=O. The summed E-state index contributed by atoms with van der Waals surface area (Å²) in [6, 6.07) is 11.4. The monoisotopic (exact) mass is 408 g/mol. The van der Waals surface area contributed by atoms with Gasteiger partial charge in [0.2, 0.25) is 15.9 Å².